The molecular weight excluding hydrogens is 402 g/mol. The first kappa shape index (κ1) is 22.3. The zero-order valence-corrected chi connectivity index (χ0v) is 17.9. The maximum Gasteiger partial charge on any atom is 0.407 e. The third-order valence-corrected chi connectivity index (χ3v) is 6.02. The van der Waals surface area contributed by atoms with E-state index < -0.39 is 17.8 Å². The second kappa shape index (κ2) is 9.65. The number of carboxylic acid groups (broad SMARTS) is 1. The molecule has 1 aliphatic heterocycles. The van der Waals surface area contributed by atoms with Crippen molar-refractivity contribution in [3.8, 4) is 11.1 Å². The number of morpholine rings is 1. The average Bonchev–Trinajstić information content (AvgIpc) is 2.77. The van der Waals surface area contributed by atoms with Gasteiger partial charge >= 0.3 is 6.09 Å². The molecule has 0 radical (unpaired) electrons. The molecule has 0 spiro atoms. The highest BCUT2D eigenvalue weighted by molar-refractivity contribution is 6.33. The molecule has 2 aromatic rings. The van der Waals surface area contributed by atoms with E-state index in [1.165, 1.54) is 10.5 Å². The van der Waals surface area contributed by atoms with Crippen molar-refractivity contribution in [1.29, 1.82) is 0 Å². The molecule has 5 nitrogen and oxygen atoms in total. The predicted octanol–water partition coefficient (Wildman–Crippen LogP) is 5.10. The van der Waals surface area contributed by atoms with Crippen LogP contribution < -0.4 is 0 Å². The van der Waals surface area contributed by atoms with E-state index in [9.17, 15) is 15.0 Å². The second-order valence-electron chi connectivity index (χ2n) is 7.56. The van der Waals surface area contributed by atoms with Gasteiger partial charge in [0.15, 0.2) is 0 Å². The summed E-state index contributed by atoms with van der Waals surface area (Å²) >= 11 is 6.64. The van der Waals surface area contributed by atoms with Crippen molar-refractivity contribution in [1.82, 2.24) is 4.90 Å². The standard InChI is InChI=1S/C24H28ClNO4/c1-3-5-12-24(29,21-16-26(23(27)28)13-14-30-21)19-10-7-11-20(25)22(19)18-9-6-8-17(4-2)15-18/h3,6-11,15,21,29H,1,4-5,12-14,16H2,2H3,(H,27,28). The summed E-state index contributed by atoms with van der Waals surface area (Å²) in [6.45, 7) is 6.47. The van der Waals surface area contributed by atoms with Gasteiger partial charge in [0.25, 0.3) is 0 Å². The first-order valence-electron chi connectivity index (χ1n) is 10.2. The number of hydrogen-bond donors (Lipinski definition) is 2. The topological polar surface area (TPSA) is 70.0 Å². The first-order valence-corrected chi connectivity index (χ1v) is 10.6. The normalized spacial score (nSPS) is 18.6. The van der Waals surface area contributed by atoms with Crippen LogP contribution in [0.4, 0.5) is 4.79 Å². The molecule has 1 amide bonds. The van der Waals surface area contributed by atoms with Crippen molar-refractivity contribution in [3.63, 3.8) is 0 Å². The Hall–Kier alpha value is -2.34. The highest BCUT2D eigenvalue weighted by Gasteiger charge is 2.44. The van der Waals surface area contributed by atoms with Gasteiger partial charge in [0.1, 0.15) is 11.7 Å². The molecule has 2 aromatic carbocycles. The minimum Gasteiger partial charge on any atom is -0.465 e. The van der Waals surface area contributed by atoms with E-state index in [2.05, 4.69) is 25.6 Å². The molecule has 160 valence electrons. The fraction of sp³-hybridized carbons (Fsp3) is 0.375. The van der Waals surface area contributed by atoms with E-state index in [-0.39, 0.29) is 19.7 Å². The molecule has 0 saturated carbocycles. The van der Waals surface area contributed by atoms with Gasteiger partial charge in [0.05, 0.1) is 13.2 Å². The predicted molar refractivity (Wildman–Crippen MR) is 119 cm³/mol. The molecule has 30 heavy (non-hydrogen) atoms. The summed E-state index contributed by atoms with van der Waals surface area (Å²) in [5, 5.41) is 22.0. The van der Waals surface area contributed by atoms with E-state index >= 15 is 0 Å². The summed E-state index contributed by atoms with van der Waals surface area (Å²) < 4.78 is 5.92. The van der Waals surface area contributed by atoms with Crippen molar-refractivity contribution in [2.75, 3.05) is 19.7 Å². The molecule has 0 aromatic heterocycles. The lowest BCUT2D eigenvalue weighted by atomic mass is 9.79. The smallest absolute Gasteiger partial charge is 0.407 e. The number of carbonyl (C=O) groups is 1. The molecule has 0 aliphatic carbocycles. The monoisotopic (exact) mass is 429 g/mol. The van der Waals surface area contributed by atoms with E-state index in [4.69, 9.17) is 16.3 Å². The fourth-order valence-electron chi connectivity index (χ4n) is 4.03. The van der Waals surface area contributed by atoms with Crippen molar-refractivity contribution in [2.45, 2.75) is 37.9 Å². The minimum absolute atomic E-state index is 0.0872. The van der Waals surface area contributed by atoms with Crippen LogP contribution in [0.25, 0.3) is 11.1 Å². The van der Waals surface area contributed by atoms with Crippen LogP contribution in [-0.4, -0.2) is 47.0 Å². The van der Waals surface area contributed by atoms with Crippen LogP contribution in [0.2, 0.25) is 5.02 Å². The van der Waals surface area contributed by atoms with Crippen LogP contribution in [0.5, 0.6) is 0 Å². The first-order chi connectivity index (χ1) is 14.4. The average molecular weight is 430 g/mol. The third kappa shape index (κ3) is 4.53. The number of aliphatic hydroxyl groups is 1. The van der Waals surface area contributed by atoms with Gasteiger partial charge in [-0.25, -0.2) is 4.79 Å². The lowest BCUT2D eigenvalue weighted by Gasteiger charge is -2.42. The highest BCUT2D eigenvalue weighted by atomic mass is 35.5. The van der Waals surface area contributed by atoms with Crippen LogP contribution in [-0.2, 0) is 16.8 Å². The maximum absolute atomic E-state index is 12.0. The number of nitrogens with zero attached hydrogens (tertiary/aromatic N) is 1. The van der Waals surface area contributed by atoms with Crippen LogP contribution in [0.3, 0.4) is 0 Å². The van der Waals surface area contributed by atoms with Crippen molar-refractivity contribution in [3.05, 3.63) is 71.3 Å². The second-order valence-corrected chi connectivity index (χ2v) is 7.96. The fourth-order valence-corrected chi connectivity index (χ4v) is 4.31. The van der Waals surface area contributed by atoms with Gasteiger partial charge in [-0.15, -0.1) is 6.58 Å². The Bertz CT molecular complexity index is 916. The zero-order chi connectivity index (χ0) is 21.7. The molecular formula is C24H28ClNO4. The Morgan fingerprint density at radius 3 is 2.83 bits per heavy atom. The largest absolute Gasteiger partial charge is 0.465 e. The van der Waals surface area contributed by atoms with Gasteiger partial charge in [-0.1, -0.05) is 61.0 Å². The van der Waals surface area contributed by atoms with Crippen LogP contribution in [0, 0.1) is 0 Å². The Morgan fingerprint density at radius 1 is 1.37 bits per heavy atom. The Labute approximate surface area is 182 Å². The number of ether oxygens (including phenoxy) is 1. The van der Waals surface area contributed by atoms with E-state index in [1.807, 2.05) is 24.3 Å². The van der Waals surface area contributed by atoms with Gasteiger partial charge in [0.2, 0.25) is 0 Å². The third-order valence-electron chi connectivity index (χ3n) is 5.70. The van der Waals surface area contributed by atoms with Crippen molar-refractivity contribution >= 4 is 17.7 Å². The molecule has 2 unspecified atom stereocenters. The van der Waals surface area contributed by atoms with Crippen LogP contribution in [0.1, 0.15) is 30.9 Å². The van der Waals surface area contributed by atoms with Gasteiger partial charge in [-0.3, -0.25) is 0 Å². The molecule has 0 bridgehead atoms. The van der Waals surface area contributed by atoms with Gasteiger partial charge < -0.3 is 19.8 Å². The molecule has 2 atom stereocenters. The van der Waals surface area contributed by atoms with E-state index in [0.717, 1.165) is 17.5 Å². The molecule has 1 fully saturated rings. The summed E-state index contributed by atoms with van der Waals surface area (Å²) in [4.78, 5) is 12.8. The number of benzene rings is 2. The number of hydrogen-bond acceptors (Lipinski definition) is 3. The zero-order valence-electron chi connectivity index (χ0n) is 17.2. The summed E-state index contributed by atoms with van der Waals surface area (Å²) in [5.41, 5.74) is 2.04. The summed E-state index contributed by atoms with van der Waals surface area (Å²) in [7, 11) is 0. The lowest BCUT2D eigenvalue weighted by Crippen LogP contribution is -2.54. The molecule has 2 N–H and O–H groups in total. The highest BCUT2D eigenvalue weighted by Crippen LogP contribution is 2.42. The Kier molecular flexibility index (Phi) is 7.19. The van der Waals surface area contributed by atoms with Gasteiger partial charge in [-0.05, 0) is 42.0 Å². The number of aryl methyl sites for hydroxylation is 1. The molecule has 6 heteroatoms. The summed E-state index contributed by atoms with van der Waals surface area (Å²) in [5.74, 6) is 0. The Morgan fingerprint density at radius 2 is 2.13 bits per heavy atom. The van der Waals surface area contributed by atoms with Crippen LogP contribution in [0.15, 0.2) is 55.1 Å². The number of allylic oxidation sites excluding steroid dienone is 1. The molecule has 1 saturated heterocycles. The summed E-state index contributed by atoms with van der Waals surface area (Å²) in [6.07, 6.45) is 1.78. The van der Waals surface area contributed by atoms with Gasteiger partial charge in [0, 0.05) is 17.1 Å². The van der Waals surface area contributed by atoms with E-state index in [0.29, 0.717) is 23.4 Å². The SMILES string of the molecule is C=CCCC(O)(c1cccc(Cl)c1-c1cccc(CC)c1)C1CN(C(=O)O)CCO1. The number of halogens is 1. The lowest BCUT2D eigenvalue weighted by molar-refractivity contribution is -0.146. The van der Waals surface area contributed by atoms with Crippen molar-refractivity contribution < 1.29 is 19.7 Å². The molecule has 3 rings (SSSR count). The Balaban J connectivity index is 2.13. The molecule has 1 heterocycles. The minimum atomic E-state index is -1.43. The van der Waals surface area contributed by atoms with Crippen LogP contribution >= 0.6 is 11.6 Å². The number of amides is 1. The quantitative estimate of drug-likeness (QED) is 0.600. The summed E-state index contributed by atoms with van der Waals surface area (Å²) in [6, 6.07) is 13.5. The van der Waals surface area contributed by atoms with E-state index in [1.54, 1.807) is 12.1 Å². The van der Waals surface area contributed by atoms with Crippen molar-refractivity contribution in [2.24, 2.45) is 0 Å². The van der Waals surface area contributed by atoms with Gasteiger partial charge in [-0.2, -0.15) is 0 Å². The maximum atomic E-state index is 12.0. The number of rotatable bonds is 7. The molecule has 1 aliphatic rings.